The second-order valence-electron chi connectivity index (χ2n) is 7.89. The molecular weight excluding hydrogens is 356 g/mol. The summed E-state index contributed by atoms with van der Waals surface area (Å²) in [5.41, 5.74) is 2.73. The summed E-state index contributed by atoms with van der Waals surface area (Å²) in [7, 11) is 0. The second kappa shape index (κ2) is 8.21. The van der Waals surface area contributed by atoms with Gasteiger partial charge in [-0.3, -0.25) is 9.59 Å². The number of carboxylic acids is 1. The SMILES string of the molecule is CCCc1c(OCCCCC2=CC3(C(=O)O)CC(=C2)C3)ccc(C(C)=O)c1O. The van der Waals surface area contributed by atoms with E-state index in [9.17, 15) is 19.8 Å². The van der Waals surface area contributed by atoms with Gasteiger partial charge in [0.2, 0.25) is 0 Å². The molecule has 0 heterocycles. The number of phenolic OH excluding ortho intramolecular Hbond substituents is 1. The number of fused-ring (bicyclic) bond motifs is 1. The zero-order valence-electron chi connectivity index (χ0n) is 16.6. The molecule has 1 saturated carbocycles. The van der Waals surface area contributed by atoms with Crippen LogP contribution in [0.15, 0.2) is 35.4 Å². The molecule has 0 amide bonds. The molecule has 0 saturated heterocycles. The van der Waals surface area contributed by atoms with E-state index in [0.717, 1.165) is 31.3 Å². The highest BCUT2D eigenvalue weighted by Gasteiger charge is 2.47. The number of ether oxygens (including phenoxy) is 1. The fraction of sp³-hybridized carbons (Fsp3) is 0.478. The number of Topliss-reactive ketones (excluding diaryl/α,β-unsaturated/α-hetero) is 1. The van der Waals surface area contributed by atoms with Crippen molar-refractivity contribution in [1.29, 1.82) is 0 Å². The Labute approximate surface area is 165 Å². The Morgan fingerprint density at radius 1 is 1.18 bits per heavy atom. The van der Waals surface area contributed by atoms with Crippen molar-refractivity contribution in [2.45, 2.75) is 58.8 Å². The maximum Gasteiger partial charge on any atom is 0.314 e. The average molecular weight is 384 g/mol. The van der Waals surface area contributed by atoms with Gasteiger partial charge in [-0.2, -0.15) is 0 Å². The van der Waals surface area contributed by atoms with E-state index in [0.29, 0.717) is 42.7 Å². The first-order chi connectivity index (χ1) is 13.4. The van der Waals surface area contributed by atoms with Gasteiger partial charge in [0.1, 0.15) is 11.5 Å². The predicted octanol–water partition coefficient (Wildman–Crippen LogP) is 4.83. The van der Waals surface area contributed by atoms with Gasteiger partial charge in [0.25, 0.3) is 0 Å². The third-order valence-corrected chi connectivity index (χ3v) is 5.60. The quantitative estimate of drug-likeness (QED) is 0.446. The van der Waals surface area contributed by atoms with E-state index >= 15 is 0 Å². The highest BCUT2D eigenvalue weighted by Crippen LogP contribution is 2.51. The Hall–Kier alpha value is -2.56. The number of hydrogen-bond donors (Lipinski definition) is 2. The lowest BCUT2D eigenvalue weighted by Crippen LogP contribution is -2.40. The van der Waals surface area contributed by atoms with E-state index in [1.54, 1.807) is 12.1 Å². The summed E-state index contributed by atoms with van der Waals surface area (Å²) in [4.78, 5) is 23.1. The fourth-order valence-electron chi connectivity index (χ4n) is 4.12. The number of ketones is 1. The van der Waals surface area contributed by atoms with Gasteiger partial charge in [0, 0.05) is 5.56 Å². The number of aromatic hydroxyl groups is 1. The average Bonchev–Trinajstić information content (AvgIpc) is 2.63. The Balaban J connectivity index is 1.53. The van der Waals surface area contributed by atoms with Crippen molar-refractivity contribution < 1.29 is 24.5 Å². The first kappa shape index (κ1) is 20.2. The van der Waals surface area contributed by atoms with E-state index in [1.165, 1.54) is 12.5 Å². The summed E-state index contributed by atoms with van der Waals surface area (Å²) in [5, 5.41) is 19.8. The molecule has 0 aromatic heterocycles. The molecule has 0 unspecified atom stereocenters. The van der Waals surface area contributed by atoms with E-state index < -0.39 is 11.4 Å². The van der Waals surface area contributed by atoms with Crippen molar-refractivity contribution >= 4 is 11.8 Å². The third-order valence-electron chi connectivity index (χ3n) is 5.60. The first-order valence-corrected chi connectivity index (χ1v) is 9.99. The van der Waals surface area contributed by atoms with Crippen LogP contribution in [0.4, 0.5) is 0 Å². The molecule has 2 N–H and O–H groups in total. The van der Waals surface area contributed by atoms with Crippen LogP contribution in [0.25, 0.3) is 0 Å². The molecule has 4 rings (SSSR count). The minimum Gasteiger partial charge on any atom is -0.507 e. The molecule has 1 fully saturated rings. The monoisotopic (exact) mass is 384 g/mol. The van der Waals surface area contributed by atoms with E-state index in [4.69, 9.17) is 4.74 Å². The molecule has 0 spiro atoms. The van der Waals surface area contributed by atoms with Crippen LogP contribution in [0.3, 0.4) is 0 Å². The van der Waals surface area contributed by atoms with E-state index in [-0.39, 0.29) is 11.5 Å². The molecule has 2 bridgehead atoms. The number of phenols is 1. The highest BCUT2D eigenvalue weighted by molar-refractivity contribution is 5.97. The van der Waals surface area contributed by atoms with Gasteiger partial charge in [-0.25, -0.2) is 0 Å². The van der Waals surface area contributed by atoms with Gasteiger partial charge in [0.05, 0.1) is 17.6 Å². The molecule has 150 valence electrons. The summed E-state index contributed by atoms with van der Waals surface area (Å²) in [6.45, 7) is 3.98. The topological polar surface area (TPSA) is 83.8 Å². The number of aliphatic carboxylic acids is 1. The number of carbonyl (C=O) groups excluding carboxylic acids is 1. The lowest BCUT2D eigenvalue weighted by atomic mass is 9.61. The van der Waals surface area contributed by atoms with Crippen LogP contribution in [-0.2, 0) is 11.2 Å². The van der Waals surface area contributed by atoms with Crippen molar-refractivity contribution in [1.82, 2.24) is 0 Å². The molecule has 1 aromatic carbocycles. The van der Waals surface area contributed by atoms with Gasteiger partial charge in [-0.15, -0.1) is 0 Å². The minimum atomic E-state index is -0.720. The van der Waals surface area contributed by atoms with Gasteiger partial charge in [-0.1, -0.05) is 36.6 Å². The summed E-state index contributed by atoms with van der Waals surface area (Å²) >= 11 is 0. The zero-order valence-corrected chi connectivity index (χ0v) is 16.6. The molecule has 0 radical (unpaired) electrons. The molecule has 3 aliphatic carbocycles. The maximum atomic E-state index is 11.6. The first-order valence-electron chi connectivity index (χ1n) is 9.99. The molecule has 5 nitrogen and oxygen atoms in total. The molecule has 3 aliphatic rings. The summed E-state index contributed by atoms with van der Waals surface area (Å²) in [5.74, 6) is -0.214. The molecule has 28 heavy (non-hydrogen) atoms. The Kier molecular flexibility index (Phi) is 5.92. The number of carbonyl (C=O) groups is 2. The fourth-order valence-corrected chi connectivity index (χ4v) is 4.12. The number of benzene rings is 1. The summed E-state index contributed by atoms with van der Waals surface area (Å²) in [6.07, 6.45) is 9.49. The zero-order chi connectivity index (χ0) is 20.3. The largest absolute Gasteiger partial charge is 0.507 e. The minimum absolute atomic E-state index is 0.0315. The lowest BCUT2D eigenvalue weighted by Gasteiger charge is -2.41. The number of unbranched alkanes of at least 4 members (excludes halogenated alkanes) is 1. The van der Waals surface area contributed by atoms with Crippen molar-refractivity contribution in [3.63, 3.8) is 0 Å². The van der Waals surface area contributed by atoms with Crippen LogP contribution in [0.5, 0.6) is 11.5 Å². The van der Waals surface area contributed by atoms with E-state index in [2.05, 4.69) is 6.08 Å². The number of rotatable bonds is 10. The van der Waals surface area contributed by atoms with Crippen molar-refractivity contribution in [3.8, 4) is 11.5 Å². The van der Waals surface area contributed by atoms with Crippen LogP contribution in [0.2, 0.25) is 0 Å². The number of hydrogen-bond acceptors (Lipinski definition) is 4. The molecule has 5 heteroatoms. The smallest absolute Gasteiger partial charge is 0.314 e. The highest BCUT2D eigenvalue weighted by atomic mass is 16.5. The van der Waals surface area contributed by atoms with Crippen LogP contribution in [-0.4, -0.2) is 28.6 Å². The predicted molar refractivity (Wildman–Crippen MR) is 107 cm³/mol. The Morgan fingerprint density at radius 3 is 2.57 bits per heavy atom. The summed E-state index contributed by atoms with van der Waals surface area (Å²) < 4.78 is 5.88. The van der Waals surface area contributed by atoms with Gasteiger partial charge >= 0.3 is 5.97 Å². The van der Waals surface area contributed by atoms with Gasteiger partial charge in [-0.05, 0) is 57.6 Å². The maximum absolute atomic E-state index is 11.6. The Bertz CT molecular complexity index is 839. The lowest BCUT2D eigenvalue weighted by molar-refractivity contribution is -0.148. The van der Waals surface area contributed by atoms with Crippen molar-refractivity contribution in [3.05, 3.63) is 46.6 Å². The van der Waals surface area contributed by atoms with Gasteiger partial charge < -0.3 is 14.9 Å². The number of allylic oxidation sites excluding steroid dienone is 3. The third kappa shape index (κ3) is 3.98. The van der Waals surface area contributed by atoms with Gasteiger partial charge in [0.15, 0.2) is 5.78 Å². The molecular formula is C23H28O5. The van der Waals surface area contributed by atoms with Crippen LogP contribution < -0.4 is 4.74 Å². The van der Waals surface area contributed by atoms with Crippen LogP contribution >= 0.6 is 0 Å². The molecule has 1 aromatic rings. The summed E-state index contributed by atoms with van der Waals surface area (Å²) in [6, 6.07) is 3.38. The van der Waals surface area contributed by atoms with Crippen LogP contribution in [0, 0.1) is 5.41 Å². The molecule has 0 aliphatic heterocycles. The van der Waals surface area contributed by atoms with Crippen LogP contribution in [0.1, 0.15) is 68.3 Å². The number of carboxylic acid groups (broad SMARTS) is 1. The Morgan fingerprint density at radius 2 is 1.93 bits per heavy atom. The molecule has 0 atom stereocenters. The van der Waals surface area contributed by atoms with E-state index in [1.807, 2.05) is 13.0 Å². The standard InChI is InChI=1S/C23H28O5/c1-3-6-19-20(9-8-18(15(2)24)21(19)25)28-10-5-4-7-16-11-17-13-23(12-16,14-17)22(26)27/h8-9,11-12,25H,3-7,10,13-14H2,1-2H3,(H,26,27). The van der Waals surface area contributed by atoms with Crippen molar-refractivity contribution in [2.24, 2.45) is 5.41 Å². The van der Waals surface area contributed by atoms with Crippen molar-refractivity contribution in [2.75, 3.05) is 6.61 Å². The second-order valence-corrected chi connectivity index (χ2v) is 7.89. The normalized spacial score (nSPS) is 16.6.